The fourth-order valence-corrected chi connectivity index (χ4v) is 3.83. The SMILES string of the molecule is C=Cc1ccc(C(CCCCCCCCCCCCCCCC)C(=O)[O-])cc1.[Na+]. The van der Waals surface area contributed by atoms with E-state index in [-0.39, 0.29) is 29.6 Å². The molecule has 0 N–H and O–H groups in total. The maximum atomic E-state index is 11.5. The van der Waals surface area contributed by atoms with E-state index in [1.54, 1.807) is 6.08 Å². The fraction of sp³-hybridized carbons (Fsp3) is 0.654. The smallest absolute Gasteiger partial charge is 0.549 e. The van der Waals surface area contributed by atoms with Crippen molar-refractivity contribution < 1.29 is 39.5 Å². The second-order valence-electron chi connectivity index (χ2n) is 8.13. The predicted molar refractivity (Wildman–Crippen MR) is 119 cm³/mol. The van der Waals surface area contributed by atoms with Crippen molar-refractivity contribution in [1.82, 2.24) is 0 Å². The maximum Gasteiger partial charge on any atom is 1.00 e. The molecule has 158 valence electrons. The quantitative estimate of drug-likeness (QED) is 0.272. The van der Waals surface area contributed by atoms with Gasteiger partial charge in [-0.1, -0.05) is 134 Å². The summed E-state index contributed by atoms with van der Waals surface area (Å²) in [6.45, 7) is 6.00. The van der Waals surface area contributed by atoms with Gasteiger partial charge in [0.05, 0.1) is 0 Å². The Morgan fingerprint density at radius 2 is 1.24 bits per heavy atom. The van der Waals surface area contributed by atoms with Gasteiger partial charge in [-0.25, -0.2) is 0 Å². The zero-order chi connectivity index (χ0) is 20.5. The van der Waals surface area contributed by atoms with Crippen molar-refractivity contribution in [3.8, 4) is 0 Å². The van der Waals surface area contributed by atoms with Crippen LogP contribution in [0.3, 0.4) is 0 Å². The summed E-state index contributed by atoms with van der Waals surface area (Å²) in [6, 6.07) is 7.62. The van der Waals surface area contributed by atoms with Crippen LogP contribution in [0.25, 0.3) is 6.08 Å². The molecular weight excluding hydrogens is 367 g/mol. The summed E-state index contributed by atoms with van der Waals surface area (Å²) in [6.07, 6.45) is 20.8. The molecule has 0 radical (unpaired) electrons. The minimum atomic E-state index is -0.957. The van der Waals surface area contributed by atoms with Crippen molar-refractivity contribution in [2.75, 3.05) is 0 Å². The Bertz CT molecular complexity index is 524. The molecule has 0 heterocycles. The second kappa shape index (κ2) is 19.4. The third-order valence-corrected chi connectivity index (χ3v) is 5.71. The molecule has 1 unspecified atom stereocenters. The molecule has 1 rings (SSSR count). The average Bonchev–Trinajstić information content (AvgIpc) is 2.71. The number of carboxylic acids is 1. The van der Waals surface area contributed by atoms with E-state index in [1.807, 2.05) is 24.3 Å². The van der Waals surface area contributed by atoms with Crippen molar-refractivity contribution in [3.05, 3.63) is 42.0 Å². The van der Waals surface area contributed by atoms with Crippen molar-refractivity contribution >= 4 is 12.0 Å². The summed E-state index contributed by atoms with van der Waals surface area (Å²) < 4.78 is 0. The topological polar surface area (TPSA) is 40.1 Å². The number of aliphatic carboxylic acids is 1. The third kappa shape index (κ3) is 14.1. The summed E-state index contributed by atoms with van der Waals surface area (Å²) in [7, 11) is 0. The zero-order valence-electron chi connectivity index (χ0n) is 19.1. The predicted octanol–water partition coefficient (Wildman–Crippen LogP) is 4.04. The number of unbranched alkanes of at least 4 members (excludes halogenated alkanes) is 13. The van der Waals surface area contributed by atoms with Crippen LogP contribution in [-0.4, -0.2) is 5.97 Å². The second-order valence-corrected chi connectivity index (χ2v) is 8.13. The van der Waals surface area contributed by atoms with Crippen LogP contribution >= 0.6 is 0 Å². The summed E-state index contributed by atoms with van der Waals surface area (Å²) in [5.74, 6) is -1.45. The molecule has 0 saturated heterocycles. The van der Waals surface area contributed by atoms with E-state index in [1.165, 1.54) is 77.0 Å². The molecule has 0 amide bonds. The average molecular weight is 409 g/mol. The van der Waals surface area contributed by atoms with Gasteiger partial charge < -0.3 is 9.90 Å². The van der Waals surface area contributed by atoms with Gasteiger partial charge in [0.25, 0.3) is 0 Å². The molecule has 0 aromatic heterocycles. The molecule has 1 atom stereocenters. The molecule has 0 aliphatic rings. The summed E-state index contributed by atoms with van der Waals surface area (Å²) in [5.41, 5.74) is 1.86. The van der Waals surface area contributed by atoms with Crippen molar-refractivity contribution in [2.45, 2.75) is 109 Å². The van der Waals surface area contributed by atoms with Crippen LogP contribution in [0.15, 0.2) is 30.8 Å². The monoisotopic (exact) mass is 408 g/mol. The zero-order valence-corrected chi connectivity index (χ0v) is 21.1. The van der Waals surface area contributed by atoms with E-state index in [0.29, 0.717) is 6.42 Å². The van der Waals surface area contributed by atoms with Crippen LogP contribution in [0, 0.1) is 0 Å². The van der Waals surface area contributed by atoms with Gasteiger partial charge in [0.2, 0.25) is 0 Å². The van der Waals surface area contributed by atoms with Gasteiger partial charge >= 0.3 is 29.6 Å². The minimum Gasteiger partial charge on any atom is -0.549 e. The van der Waals surface area contributed by atoms with Crippen molar-refractivity contribution in [1.29, 1.82) is 0 Å². The number of rotatable bonds is 18. The number of benzene rings is 1. The van der Waals surface area contributed by atoms with Gasteiger partial charge in [0.15, 0.2) is 0 Å². The van der Waals surface area contributed by atoms with Crippen LogP contribution < -0.4 is 34.7 Å². The standard InChI is InChI=1S/C26H42O2.Na/c1-3-5-6-7-8-9-10-11-12-13-14-15-16-17-18-25(26(27)28)24-21-19-23(4-2)20-22-24;/h4,19-22,25H,2-3,5-18H2,1H3,(H,27,28);/q;+1/p-1. The Hall–Kier alpha value is -0.570. The molecule has 0 aliphatic heterocycles. The van der Waals surface area contributed by atoms with Gasteiger partial charge in [-0.3, -0.25) is 0 Å². The van der Waals surface area contributed by atoms with Crippen LogP contribution in [0.1, 0.15) is 120 Å². The van der Waals surface area contributed by atoms with Crippen molar-refractivity contribution in [3.63, 3.8) is 0 Å². The summed E-state index contributed by atoms with van der Waals surface area (Å²) in [5, 5.41) is 11.5. The largest absolute Gasteiger partial charge is 1.00 e. The van der Waals surface area contributed by atoms with E-state index < -0.39 is 11.9 Å². The normalized spacial score (nSPS) is 11.6. The summed E-state index contributed by atoms with van der Waals surface area (Å²) in [4.78, 5) is 11.5. The first-order chi connectivity index (χ1) is 13.7. The van der Waals surface area contributed by atoms with Crippen LogP contribution in [0.5, 0.6) is 0 Å². The number of carbonyl (C=O) groups is 1. The Kier molecular flexibility index (Phi) is 19.0. The summed E-state index contributed by atoms with van der Waals surface area (Å²) >= 11 is 0. The number of hydrogen-bond acceptors (Lipinski definition) is 2. The van der Waals surface area contributed by atoms with Gasteiger partial charge in [-0.15, -0.1) is 0 Å². The van der Waals surface area contributed by atoms with E-state index in [9.17, 15) is 9.90 Å². The first kappa shape index (κ1) is 28.4. The number of carboxylic acid groups (broad SMARTS) is 1. The van der Waals surface area contributed by atoms with Crippen LogP contribution in [0.2, 0.25) is 0 Å². The third-order valence-electron chi connectivity index (χ3n) is 5.71. The molecule has 0 saturated carbocycles. The molecule has 3 heteroatoms. The maximum absolute atomic E-state index is 11.5. The first-order valence-corrected chi connectivity index (χ1v) is 11.6. The number of hydrogen-bond donors (Lipinski definition) is 0. The molecule has 0 fully saturated rings. The Labute approximate surface area is 201 Å². The van der Waals surface area contributed by atoms with Gasteiger partial charge in [-0.2, -0.15) is 0 Å². The van der Waals surface area contributed by atoms with E-state index >= 15 is 0 Å². The first-order valence-electron chi connectivity index (χ1n) is 11.6. The molecule has 2 nitrogen and oxygen atoms in total. The molecule has 1 aromatic carbocycles. The van der Waals surface area contributed by atoms with Crippen molar-refractivity contribution in [2.24, 2.45) is 0 Å². The Morgan fingerprint density at radius 3 is 1.62 bits per heavy atom. The Morgan fingerprint density at radius 1 is 0.828 bits per heavy atom. The van der Waals surface area contributed by atoms with Crippen LogP contribution in [0.4, 0.5) is 0 Å². The number of carbonyl (C=O) groups excluding carboxylic acids is 1. The molecular formula is C26H41NaO2. The Balaban J connectivity index is 0.00000784. The van der Waals surface area contributed by atoms with E-state index in [4.69, 9.17) is 0 Å². The molecule has 29 heavy (non-hydrogen) atoms. The van der Waals surface area contributed by atoms with E-state index in [0.717, 1.165) is 24.0 Å². The fourth-order valence-electron chi connectivity index (χ4n) is 3.83. The molecule has 0 spiro atoms. The van der Waals surface area contributed by atoms with Gasteiger partial charge in [0.1, 0.15) is 0 Å². The van der Waals surface area contributed by atoms with Gasteiger partial charge in [0, 0.05) is 11.9 Å². The van der Waals surface area contributed by atoms with Gasteiger partial charge in [-0.05, 0) is 17.5 Å². The van der Waals surface area contributed by atoms with E-state index in [2.05, 4.69) is 13.5 Å². The minimum absolute atomic E-state index is 0. The molecule has 0 bridgehead atoms. The molecule has 1 aromatic rings. The molecule has 0 aliphatic carbocycles. The van der Waals surface area contributed by atoms with Crippen LogP contribution in [-0.2, 0) is 4.79 Å².